The first-order valence-electron chi connectivity index (χ1n) is 5.20. The van der Waals surface area contributed by atoms with Crippen molar-refractivity contribution in [2.24, 2.45) is 0 Å². The van der Waals surface area contributed by atoms with Gasteiger partial charge in [0.2, 0.25) is 0 Å². The fourth-order valence-electron chi connectivity index (χ4n) is 1.30. The highest BCUT2D eigenvalue weighted by Gasteiger charge is 2.34. The molecule has 0 aliphatic carbocycles. The molecule has 18 heavy (non-hydrogen) atoms. The standard InChI is InChI=1S/C12H13F4NO/c1-11(2,3)17-10(18)7-4-5-9(13)8(6-7)12(14,15)16/h4-6H,1-3H3,(H,17,18). The zero-order chi connectivity index (χ0) is 14.1. The van der Waals surface area contributed by atoms with Gasteiger partial charge in [0.05, 0.1) is 5.56 Å². The Morgan fingerprint density at radius 1 is 1.17 bits per heavy atom. The van der Waals surface area contributed by atoms with E-state index in [2.05, 4.69) is 5.32 Å². The third-order valence-electron chi connectivity index (χ3n) is 2.02. The Morgan fingerprint density at radius 3 is 2.17 bits per heavy atom. The maximum absolute atomic E-state index is 13.0. The van der Waals surface area contributed by atoms with E-state index in [1.54, 1.807) is 20.8 Å². The first-order chi connectivity index (χ1) is 8.00. The van der Waals surface area contributed by atoms with E-state index in [-0.39, 0.29) is 5.56 Å². The van der Waals surface area contributed by atoms with Crippen molar-refractivity contribution in [2.45, 2.75) is 32.5 Å². The van der Waals surface area contributed by atoms with Gasteiger partial charge in [0, 0.05) is 11.1 Å². The van der Waals surface area contributed by atoms with Gasteiger partial charge in [-0.1, -0.05) is 0 Å². The highest BCUT2D eigenvalue weighted by molar-refractivity contribution is 5.94. The molecule has 0 aliphatic rings. The Bertz CT molecular complexity index is 460. The van der Waals surface area contributed by atoms with Gasteiger partial charge in [-0.05, 0) is 39.0 Å². The minimum atomic E-state index is -4.82. The second-order valence-electron chi connectivity index (χ2n) is 4.90. The first-order valence-corrected chi connectivity index (χ1v) is 5.20. The maximum atomic E-state index is 13.0. The topological polar surface area (TPSA) is 29.1 Å². The summed E-state index contributed by atoms with van der Waals surface area (Å²) in [6, 6.07) is 2.17. The van der Waals surface area contributed by atoms with Crippen LogP contribution in [0.1, 0.15) is 36.7 Å². The van der Waals surface area contributed by atoms with E-state index < -0.39 is 29.0 Å². The summed E-state index contributed by atoms with van der Waals surface area (Å²) in [4.78, 5) is 11.6. The van der Waals surface area contributed by atoms with E-state index >= 15 is 0 Å². The predicted molar refractivity (Wildman–Crippen MR) is 58.6 cm³/mol. The molecule has 0 bridgehead atoms. The number of nitrogens with one attached hydrogen (secondary N) is 1. The summed E-state index contributed by atoms with van der Waals surface area (Å²) in [6.07, 6.45) is -4.82. The quantitative estimate of drug-likeness (QED) is 0.773. The van der Waals surface area contributed by atoms with Gasteiger partial charge < -0.3 is 5.32 Å². The van der Waals surface area contributed by atoms with Crippen LogP contribution in [-0.4, -0.2) is 11.4 Å². The maximum Gasteiger partial charge on any atom is 0.419 e. The van der Waals surface area contributed by atoms with E-state index in [0.717, 1.165) is 6.07 Å². The Morgan fingerprint density at radius 2 is 1.72 bits per heavy atom. The van der Waals surface area contributed by atoms with E-state index in [4.69, 9.17) is 0 Å². The van der Waals surface area contributed by atoms with Gasteiger partial charge in [-0.15, -0.1) is 0 Å². The molecule has 2 nitrogen and oxygen atoms in total. The van der Waals surface area contributed by atoms with Gasteiger partial charge >= 0.3 is 6.18 Å². The van der Waals surface area contributed by atoms with Crippen molar-refractivity contribution in [1.82, 2.24) is 5.32 Å². The molecule has 1 aromatic rings. The average Bonchev–Trinajstić information content (AvgIpc) is 2.13. The van der Waals surface area contributed by atoms with E-state index in [1.807, 2.05) is 0 Å². The molecule has 0 heterocycles. The lowest BCUT2D eigenvalue weighted by Gasteiger charge is -2.20. The van der Waals surface area contributed by atoms with E-state index in [9.17, 15) is 22.4 Å². The second kappa shape index (κ2) is 4.59. The van der Waals surface area contributed by atoms with Crippen LogP contribution in [0.2, 0.25) is 0 Å². The molecule has 6 heteroatoms. The number of amides is 1. The van der Waals surface area contributed by atoms with Crippen LogP contribution in [0.15, 0.2) is 18.2 Å². The number of hydrogen-bond donors (Lipinski definition) is 1. The summed E-state index contributed by atoms with van der Waals surface area (Å²) in [5, 5.41) is 2.50. The van der Waals surface area contributed by atoms with Gasteiger partial charge in [0.15, 0.2) is 0 Å². The summed E-state index contributed by atoms with van der Waals surface area (Å²) in [7, 11) is 0. The van der Waals surface area contributed by atoms with Crippen molar-refractivity contribution < 1.29 is 22.4 Å². The lowest BCUT2D eigenvalue weighted by molar-refractivity contribution is -0.140. The first kappa shape index (κ1) is 14.5. The number of carbonyl (C=O) groups excluding carboxylic acids is 1. The lowest BCUT2D eigenvalue weighted by atomic mass is 10.1. The number of rotatable bonds is 1. The zero-order valence-electron chi connectivity index (χ0n) is 10.2. The molecular formula is C12H13F4NO. The smallest absolute Gasteiger partial charge is 0.347 e. The molecule has 0 fully saturated rings. The molecule has 1 rings (SSSR count). The average molecular weight is 263 g/mol. The van der Waals surface area contributed by atoms with Crippen LogP contribution in [0.3, 0.4) is 0 Å². The SMILES string of the molecule is CC(C)(C)NC(=O)c1ccc(F)c(C(F)(F)F)c1. The van der Waals surface area contributed by atoms with Crippen LogP contribution in [0, 0.1) is 5.82 Å². The number of alkyl halides is 3. The molecule has 0 saturated heterocycles. The normalized spacial score (nSPS) is 12.4. The highest BCUT2D eigenvalue weighted by atomic mass is 19.4. The van der Waals surface area contributed by atoms with Crippen LogP contribution in [0.4, 0.5) is 17.6 Å². The van der Waals surface area contributed by atoms with E-state index in [0.29, 0.717) is 12.1 Å². The second-order valence-corrected chi connectivity index (χ2v) is 4.90. The summed E-state index contributed by atoms with van der Waals surface area (Å²) < 4.78 is 50.4. The Kier molecular flexibility index (Phi) is 3.69. The molecule has 100 valence electrons. The fourth-order valence-corrected chi connectivity index (χ4v) is 1.30. The molecule has 0 atom stereocenters. The van der Waals surface area contributed by atoms with Gasteiger partial charge in [0.1, 0.15) is 5.82 Å². The van der Waals surface area contributed by atoms with Gasteiger partial charge in [-0.2, -0.15) is 13.2 Å². The van der Waals surface area contributed by atoms with E-state index in [1.165, 1.54) is 0 Å². The summed E-state index contributed by atoms with van der Waals surface area (Å²) in [6.45, 7) is 5.08. The molecule has 0 aromatic heterocycles. The molecule has 0 radical (unpaired) electrons. The van der Waals surface area contributed by atoms with Crippen molar-refractivity contribution >= 4 is 5.91 Å². The Labute approximate surface area is 102 Å². The van der Waals surface area contributed by atoms with Crippen LogP contribution in [-0.2, 0) is 6.18 Å². The molecule has 1 amide bonds. The van der Waals surface area contributed by atoms with Crippen LogP contribution >= 0.6 is 0 Å². The largest absolute Gasteiger partial charge is 0.419 e. The monoisotopic (exact) mass is 263 g/mol. The number of halogens is 4. The van der Waals surface area contributed by atoms with Crippen molar-refractivity contribution in [3.8, 4) is 0 Å². The number of hydrogen-bond acceptors (Lipinski definition) is 1. The Balaban J connectivity index is 3.10. The van der Waals surface area contributed by atoms with Crippen LogP contribution in [0.5, 0.6) is 0 Å². The van der Waals surface area contributed by atoms with Gasteiger partial charge in [-0.25, -0.2) is 4.39 Å². The van der Waals surface area contributed by atoms with Crippen LogP contribution < -0.4 is 5.32 Å². The highest BCUT2D eigenvalue weighted by Crippen LogP contribution is 2.31. The molecule has 0 unspecified atom stereocenters. The van der Waals surface area contributed by atoms with Crippen molar-refractivity contribution in [3.05, 3.63) is 35.1 Å². The third-order valence-corrected chi connectivity index (χ3v) is 2.02. The molecule has 0 spiro atoms. The summed E-state index contributed by atoms with van der Waals surface area (Å²) in [5.41, 5.74) is -2.24. The Hall–Kier alpha value is -1.59. The molecule has 1 aromatic carbocycles. The predicted octanol–water partition coefficient (Wildman–Crippen LogP) is 3.37. The zero-order valence-corrected chi connectivity index (χ0v) is 10.2. The van der Waals surface area contributed by atoms with Gasteiger partial charge in [-0.3, -0.25) is 4.79 Å². The number of carbonyl (C=O) groups is 1. The molecule has 1 N–H and O–H groups in total. The third kappa shape index (κ3) is 3.72. The fraction of sp³-hybridized carbons (Fsp3) is 0.417. The van der Waals surface area contributed by atoms with Crippen molar-refractivity contribution in [1.29, 1.82) is 0 Å². The minimum absolute atomic E-state index is 0.223. The van der Waals surface area contributed by atoms with Crippen molar-refractivity contribution in [3.63, 3.8) is 0 Å². The molecular weight excluding hydrogens is 250 g/mol. The number of benzene rings is 1. The van der Waals surface area contributed by atoms with Crippen LogP contribution in [0.25, 0.3) is 0 Å². The summed E-state index contributed by atoms with van der Waals surface area (Å²) >= 11 is 0. The van der Waals surface area contributed by atoms with Gasteiger partial charge in [0.25, 0.3) is 5.91 Å². The molecule has 0 aliphatic heterocycles. The minimum Gasteiger partial charge on any atom is -0.347 e. The molecule has 0 saturated carbocycles. The lowest BCUT2D eigenvalue weighted by Crippen LogP contribution is -2.40. The van der Waals surface area contributed by atoms with Crippen molar-refractivity contribution in [2.75, 3.05) is 0 Å². The summed E-state index contributed by atoms with van der Waals surface area (Å²) in [5.74, 6) is -2.07.